The maximum atomic E-state index is 9.82. The molecule has 0 aliphatic heterocycles. The fraction of sp³-hybridized carbons (Fsp3) is 0.118. The van der Waals surface area contributed by atoms with E-state index in [9.17, 15) is 5.11 Å². The van der Waals surface area contributed by atoms with Crippen molar-refractivity contribution in [2.75, 3.05) is 7.11 Å². The molecule has 3 rings (SSSR count). The quantitative estimate of drug-likeness (QED) is 0.721. The number of methoxy groups -OCH3 is 1. The summed E-state index contributed by atoms with van der Waals surface area (Å²) in [5, 5.41) is 10.4. The predicted molar refractivity (Wildman–Crippen MR) is 86.0 cm³/mol. The van der Waals surface area contributed by atoms with Gasteiger partial charge in [0.05, 0.1) is 12.5 Å². The molecule has 3 aromatic rings. The number of hydrogen-bond acceptors (Lipinski definition) is 5. The van der Waals surface area contributed by atoms with Crippen molar-refractivity contribution in [3.63, 3.8) is 0 Å². The molecule has 0 spiro atoms. The largest absolute Gasteiger partial charge is 0.507 e. The van der Waals surface area contributed by atoms with Gasteiger partial charge in [-0.05, 0) is 42.0 Å². The van der Waals surface area contributed by atoms with Gasteiger partial charge in [-0.3, -0.25) is 0 Å². The van der Waals surface area contributed by atoms with E-state index in [-0.39, 0.29) is 10.5 Å². The lowest BCUT2D eigenvalue weighted by atomic mass is 10.2. The highest BCUT2D eigenvalue weighted by Gasteiger charge is 2.05. The normalized spacial score (nSPS) is 10.6. The van der Waals surface area contributed by atoms with Crippen LogP contribution in [0.1, 0.15) is 5.56 Å². The van der Waals surface area contributed by atoms with E-state index < -0.39 is 0 Å². The minimum Gasteiger partial charge on any atom is -0.507 e. The van der Waals surface area contributed by atoms with Gasteiger partial charge < -0.3 is 19.0 Å². The van der Waals surface area contributed by atoms with Crippen LogP contribution in [0.15, 0.2) is 52.9 Å². The Bertz CT molecular complexity index is 853. The molecule has 0 saturated heterocycles. The van der Waals surface area contributed by atoms with Crippen LogP contribution in [0, 0.1) is 4.71 Å². The van der Waals surface area contributed by atoms with Gasteiger partial charge in [-0.15, -0.1) is 0 Å². The van der Waals surface area contributed by atoms with E-state index in [4.69, 9.17) is 26.1 Å². The van der Waals surface area contributed by atoms with Crippen molar-refractivity contribution in [3.8, 4) is 17.2 Å². The lowest BCUT2D eigenvalue weighted by Crippen LogP contribution is -1.95. The van der Waals surface area contributed by atoms with Crippen LogP contribution >= 0.6 is 12.2 Å². The lowest BCUT2D eigenvalue weighted by Gasteiger charge is -2.08. The van der Waals surface area contributed by atoms with Gasteiger partial charge in [-0.2, -0.15) is 0 Å². The monoisotopic (exact) mass is 314 g/mol. The molecule has 0 bridgehead atoms. The van der Waals surface area contributed by atoms with E-state index >= 15 is 0 Å². The fourth-order valence-corrected chi connectivity index (χ4v) is 2.31. The number of aromatic hydroxyl groups is 1. The van der Waals surface area contributed by atoms with Gasteiger partial charge in [-0.25, -0.2) is 0 Å². The number of rotatable bonds is 4. The van der Waals surface area contributed by atoms with E-state index in [0.29, 0.717) is 23.3 Å². The van der Waals surface area contributed by atoms with E-state index in [1.54, 1.807) is 25.3 Å². The first-order valence-electron chi connectivity index (χ1n) is 6.68. The Morgan fingerprint density at radius 3 is 2.50 bits per heavy atom. The highest BCUT2D eigenvalue weighted by Crippen LogP contribution is 2.28. The van der Waals surface area contributed by atoms with Gasteiger partial charge in [0.2, 0.25) is 0 Å². The average molecular weight is 314 g/mol. The summed E-state index contributed by atoms with van der Waals surface area (Å²) in [4.78, 5) is 0. The predicted octanol–water partition coefficient (Wildman–Crippen LogP) is 4.46. The van der Waals surface area contributed by atoms with Crippen LogP contribution in [0.5, 0.6) is 17.2 Å². The molecule has 0 radical (unpaired) electrons. The Labute approximate surface area is 132 Å². The molecule has 5 heteroatoms. The maximum Gasteiger partial charge on any atom is 0.194 e. The van der Waals surface area contributed by atoms with Crippen molar-refractivity contribution in [1.82, 2.24) is 0 Å². The first-order chi connectivity index (χ1) is 10.7. The van der Waals surface area contributed by atoms with Gasteiger partial charge in [0.1, 0.15) is 29.4 Å². The Balaban J connectivity index is 1.80. The summed E-state index contributed by atoms with van der Waals surface area (Å²) < 4.78 is 16.5. The van der Waals surface area contributed by atoms with Crippen molar-refractivity contribution in [3.05, 3.63) is 58.8 Å². The molecule has 1 heterocycles. The van der Waals surface area contributed by atoms with Gasteiger partial charge in [0, 0.05) is 12.1 Å². The third kappa shape index (κ3) is 3.04. The molecule has 0 aliphatic rings. The molecule has 22 heavy (non-hydrogen) atoms. The van der Waals surface area contributed by atoms with Crippen LogP contribution in [0.4, 0.5) is 0 Å². The minimum absolute atomic E-state index is 0.105. The molecule has 0 fully saturated rings. The molecular weight excluding hydrogens is 300 g/mol. The summed E-state index contributed by atoms with van der Waals surface area (Å²) >= 11 is 4.96. The molecule has 0 aliphatic carbocycles. The molecule has 0 unspecified atom stereocenters. The minimum atomic E-state index is 0.105. The SMILES string of the molecule is COc1ccc(COc2ccc3c(O)cc(=S)oc3c2)cc1. The molecule has 0 amide bonds. The summed E-state index contributed by atoms with van der Waals surface area (Å²) in [5.41, 5.74) is 1.52. The van der Waals surface area contributed by atoms with Crippen molar-refractivity contribution in [1.29, 1.82) is 0 Å². The Morgan fingerprint density at radius 2 is 1.77 bits per heavy atom. The van der Waals surface area contributed by atoms with Crippen molar-refractivity contribution in [2.45, 2.75) is 6.61 Å². The van der Waals surface area contributed by atoms with E-state index in [0.717, 1.165) is 11.3 Å². The van der Waals surface area contributed by atoms with Crippen LogP contribution in [0.25, 0.3) is 11.0 Å². The Morgan fingerprint density at radius 1 is 1.05 bits per heavy atom. The first-order valence-corrected chi connectivity index (χ1v) is 7.09. The molecule has 112 valence electrons. The van der Waals surface area contributed by atoms with Gasteiger partial charge in [0.15, 0.2) is 4.71 Å². The lowest BCUT2D eigenvalue weighted by molar-refractivity contribution is 0.306. The van der Waals surface area contributed by atoms with E-state index in [1.807, 2.05) is 24.3 Å². The number of fused-ring (bicyclic) bond motifs is 1. The van der Waals surface area contributed by atoms with Gasteiger partial charge >= 0.3 is 0 Å². The third-order valence-electron chi connectivity index (χ3n) is 3.26. The highest BCUT2D eigenvalue weighted by atomic mass is 32.1. The van der Waals surface area contributed by atoms with Crippen molar-refractivity contribution >= 4 is 23.2 Å². The topological polar surface area (TPSA) is 51.8 Å². The third-order valence-corrected chi connectivity index (χ3v) is 3.46. The van der Waals surface area contributed by atoms with Gasteiger partial charge in [-0.1, -0.05) is 12.1 Å². The number of benzene rings is 2. The van der Waals surface area contributed by atoms with Crippen LogP contribution in [0.2, 0.25) is 0 Å². The van der Waals surface area contributed by atoms with E-state index in [1.165, 1.54) is 6.07 Å². The molecule has 2 aromatic carbocycles. The highest BCUT2D eigenvalue weighted by molar-refractivity contribution is 7.71. The van der Waals surface area contributed by atoms with E-state index in [2.05, 4.69) is 0 Å². The second-order valence-electron chi connectivity index (χ2n) is 4.75. The summed E-state index contributed by atoms with van der Waals surface area (Å²) in [7, 11) is 1.63. The summed E-state index contributed by atoms with van der Waals surface area (Å²) in [6.07, 6.45) is 0. The van der Waals surface area contributed by atoms with Gasteiger partial charge in [0.25, 0.3) is 0 Å². The van der Waals surface area contributed by atoms with Crippen molar-refractivity contribution < 1.29 is 19.0 Å². The molecule has 4 nitrogen and oxygen atoms in total. The second kappa shape index (κ2) is 6.07. The maximum absolute atomic E-state index is 9.82. The first kappa shape index (κ1) is 14.4. The Kier molecular flexibility index (Phi) is 3.98. The van der Waals surface area contributed by atoms with Crippen LogP contribution in [-0.4, -0.2) is 12.2 Å². The van der Waals surface area contributed by atoms with Crippen LogP contribution in [0.3, 0.4) is 0 Å². The standard InChI is InChI=1S/C17H14O4S/c1-19-12-4-2-11(3-5-12)10-20-13-6-7-14-15(18)9-17(22)21-16(14)8-13/h2-9,18H,10H2,1H3. The summed E-state index contributed by atoms with van der Waals surface area (Å²) in [6.45, 7) is 0.426. The second-order valence-corrected chi connectivity index (χ2v) is 5.15. The summed E-state index contributed by atoms with van der Waals surface area (Å²) in [6, 6.07) is 14.3. The molecule has 1 aromatic heterocycles. The average Bonchev–Trinajstić information content (AvgIpc) is 2.53. The molecular formula is C17H14O4S. The smallest absolute Gasteiger partial charge is 0.194 e. The zero-order valence-corrected chi connectivity index (χ0v) is 12.7. The summed E-state index contributed by atoms with van der Waals surface area (Å²) in [5.74, 6) is 1.56. The zero-order chi connectivity index (χ0) is 15.5. The number of hydrogen-bond donors (Lipinski definition) is 1. The fourth-order valence-electron chi connectivity index (χ4n) is 2.10. The molecule has 0 atom stereocenters. The van der Waals surface area contributed by atoms with Crippen molar-refractivity contribution in [2.24, 2.45) is 0 Å². The molecule has 0 saturated carbocycles. The van der Waals surface area contributed by atoms with Crippen LogP contribution < -0.4 is 9.47 Å². The molecule has 1 N–H and O–H groups in total. The van der Waals surface area contributed by atoms with Crippen LogP contribution in [-0.2, 0) is 6.61 Å². The number of ether oxygens (including phenoxy) is 2. The zero-order valence-electron chi connectivity index (χ0n) is 11.9. The Hall–Kier alpha value is -2.53.